The van der Waals surface area contributed by atoms with Gasteiger partial charge >= 0.3 is 0 Å². The van der Waals surface area contributed by atoms with E-state index in [9.17, 15) is 4.79 Å². The van der Waals surface area contributed by atoms with Crippen LogP contribution in [0.4, 0.5) is 5.69 Å². The Labute approximate surface area is 108 Å². The van der Waals surface area contributed by atoms with E-state index in [1.807, 2.05) is 25.1 Å². The summed E-state index contributed by atoms with van der Waals surface area (Å²) in [6, 6.07) is 5.73. The number of halogens is 1. The van der Waals surface area contributed by atoms with Gasteiger partial charge in [-0.3, -0.25) is 4.79 Å². The number of hydrogen-bond acceptors (Lipinski definition) is 2. The molecule has 4 nitrogen and oxygen atoms in total. The van der Waals surface area contributed by atoms with E-state index in [0.29, 0.717) is 0 Å². The van der Waals surface area contributed by atoms with Gasteiger partial charge in [-0.15, -0.1) is 0 Å². The first-order valence-electron chi connectivity index (χ1n) is 5.17. The van der Waals surface area contributed by atoms with Gasteiger partial charge in [-0.2, -0.15) is 0 Å². The Morgan fingerprint density at radius 2 is 2.35 bits per heavy atom. The molecule has 0 saturated heterocycles. The molecule has 1 N–H and O–H groups in total. The minimum atomic E-state index is -0.0706. The van der Waals surface area contributed by atoms with Crippen LogP contribution in [0.1, 0.15) is 5.56 Å². The first kappa shape index (κ1) is 11.9. The zero-order valence-electron chi connectivity index (χ0n) is 9.35. The maximum atomic E-state index is 11.7. The molecule has 0 atom stereocenters. The van der Waals surface area contributed by atoms with Crippen LogP contribution in [0, 0.1) is 6.92 Å². The molecule has 2 rings (SSSR count). The lowest BCUT2D eigenvalue weighted by Gasteiger charge is -2.07. The number of aryl methyl sites for hydroxylation is 1. The van der Waals surface area contributed by atoms with Gasteiger partial charge in [0.15, 0.2) is 0 Å². The van der Waals surface area contributed by atoms with Crippen molar-refractivity contribution in [1.29, 1.82) is 0 Å². The fraction of sp³-hybridized carbons (Fsp3) is 0.167. The number of carbonyl (C=O) groups is 1. The first-order valence-corrected chi connectivity index (χ1v) is 5.96. The summed E-state index contributed by atoms with van der Waals surface area (Å²) < 4.78 is 2.70. The third-order valence-corrected chi connectivity index (χ3v) is 3.20. The van der Waals surface area contributed by atoms with Crippen molar-refractivity contribution < 1.29 is 4.79 Å². The predicted octanol–water partition coefficient (Wildman–Crippen LogP) is 2.59. The largest absolute Gasteiger partial charge is 0.328 e. The molecule has 0 aliphatic rings. The van der Waals surface area contributed by atoms with Gasteiger partial charge in [-0.1, -0.05) is 22.0 Å². The molecule has 1 aromatic heterocycles. The molecule has 0 radical (unpaired) electrons. The third kappa shape index (κ3) is 3.17. The highest BCUT2D eigenvalue weighted by atomic mass is 79.9. The summed E-state index contributed by atoms with van der Waals surface area (Å²) in [6.45, 7) is 2.27. The molecule has 1 amide bonds. The van der Waals surface area contributed by atoms with Crippen molar-refractivity contribution in [1.82, 2.24) is 9.55 Å². The van der Waals surface area contributed by atoms with Crippen LogP contribution in [-0.4, -0.2) is 15.5 Å². The maximum absolute atomic E-state index is 11.7. The van der Waals surface area contributed by atoms with Crippen LogP contribution in [0.15, 0.2) is 41.4 Å². The van der Waals surface area contributed by atoms with Gasteiger partial charge in [0.2, 0.25) is 5.91 Å². The van der Waals surface area contributed by atoms with E-state index >= 15 is 0 Å². The van der Waals surface area contributed by atoms with Crippen LogP contribution in [-0.2, 0) is 11.3 Å². The number of nitrogens with zero attached hydrogens (tertiary/aromatic N) is 2. The van der Waals surface area contributed by atoms with Crippen LogP contribution in [0.5, 0.6) is 0 Å². The zero-order valence-corrected chi connectivity index (χ0v) is 10.9. The molecule has 0 spiro atoms. The van der Waals surface area contributed by atoms with Gasteiger partial charge < -0.3 is 9.88 Å². The van der Waals surface area contributed by atoms with E-state index in [1.54, 1.807) is 23.3 Å². The number of rotatable bonds is 3. The Balaban J connectivity index is 2.00. The first-order chi connectivity index (χ1) is 8.15. The zero-order chi connectivity index (χ0) is 12.3. The molecule has 0 aliphatic heterocycles. The minimum Gasteiger partial charge on any atom is -0.328 e. The standard InChI is InChI=1S/C12H12BrN3O/c1-9-2-3-10(6-11(9)13)15-12(17)7-16-5-4-14-8-16/h2-6,8H,7H2,1H3,(H,15,17). The van der Waals surface area contributed by atoms with E-state index in [-0.39, 0.29) is 12.5 Å². The number of hydrogen-bond donors (Lipinski definition) is 1. The van der Waals surface area contributed by atoms with Crippen molar-refractivity contribution in [2.45, 2.75) is 13.5 Å². The highest BCUT2D eigenvalue weighted by Gasteiger charge is 2.04. The van der Waals surface area contributed by atoms with Gasteiger partial charge in [-0.25, -0.2) is 4.98 Å². The van der Waals surface area contributed by atoms with Gasteiger partial charge in [-0.05, 0) is 24.6 Å². The second kappa shape index (κ2) is 5.14. The Morgan fingerprint density at radius 3 is 3.00 bits per heavy atom. The van der Waals surface area contributed by atoms with E-state index in [2.05, 4.69) is 26.2 Å². The number of amides is 1. The van der Waals surface area contributed by atoms with Crippen molar-refractivity contribution in [2.75, 3.05) is 5.32 Å². The van der Waals surface area contributed by atoms with Crippen LogP contribution >= 0.6 is 15.9 Å². The molecular formula is C12H12BrN3O. The molecule has 88 valence electrons. The number of anilines is 1. The van der Waals surface area contributed by atoms with E-state index in [4.69, 9.17) is 0 Å². The number of nitrogens with one attached hydrogen (secondary N) is 1. The Bertz CT molecular complexity index is 523. The average Bonchev–Trinajstić information content (AvgIpc) is 2.76. The summed E-state index contributed by atoms with van der Waals surface area (Å²) in [7, 11) is 0. The predicted molar refractivity (Wildman–Crippen MR) is 69.7 cm³/mol. The van der Waals surface area contributed by atoms with Crippen molar-refractivity contribution in [2.24, 2.45) is 0 Å². The topological polar surface area (TPSA) is 46.9 Å². The molecule has 1 aromatic carbocycles. The Hall–Kier alpha value is -1.62. The van der Waals surface area contributed by atoms with Gasteiger partial charge in [0.1, 0.15) is 6.54 Å². The summed E-state index contributed by atoms with van der Waals surface area (Å²) in [5, 5.41) is 2.83. The van der Waals surface area contributed by atoms with Crippen LogP contribution in [0.25, 0.3) is 0 Å². The van der Waals surface area contributed by atoms with Crippen molar-refractivity contribution in [3.05, 3.63) is 47.0 Å². The second-order valence-corrected chi connectivity index (χ2v) is 4.60. The van der Waals surface area contributed by atoms with Crippen molar-refractivity contribution in [3.63, 3.8) is 0 Å². The second-order valence-electron chi connectivity index (χ2n) is 3.75. The molecule has 0 fully saturated rings. The lowest BCUT2D eigenvalue weighted by Crippen LogP contribution is -2.17. The molecule has 1 heterocycles. The highest BCUT2D eigenvalue weighted by Crippen LogP contribution is 2.20. The van der Waals surface area contributed by atoms with Crippen LogP contribution in [0.3, 0.4) is 0 Å². The smallest absolute Gasteiger partial charge is 0.244 e. The minimum absolute atomic E-state index is 0.0706. The molecular weight excluding hydrogens is 282 g/mol. The fourth-order valence-electron chi connectivity index (χ4n) is 1.42. The van der Waals surface area contributed by atoms with Crippen LogP contribution in [0.2, 0.25) is 0 Å². The molecule has 2 aromatic rings. The summed E-state index contributed by atoms with van der Waals surface area (Å²) in [4.78, 5) is 15.6. The van der Waals surface area contributed by atoms with Crippen molar-refractivity contribution in [3.8, 4) is 0 Å². The number of carbonyl (C=O) groups excluding carboxylic acids is 1. The van der Waals surface area contributed by atoms with E-state index in [0.717, 1.165) is 15.7 Å². The van der Waals surface area contributed by atoms with Gasteiger partial charge in [0, 0.05) is 22.6 Å². The molecule has 0 unspecified atom stereocenters. The summed E-state index contributed by atoms with van der Waals surface area (Å²) in [5.74, 6) is -0.0706. The lowest BCUT2D eigenvalue weighted by molar-refractivity contribution is -0.116. The summed E-state index contributed by atoms with van der Waals surface area (Å²) >= 11 is 3.43. The molecule has 0 bridgehead atoms. The average molecular weight is 294 g/mol. The monoisotopic (exact) mass is 293 g/mol. The summed E-state index contributed by atoms with van der Waals surface area (Å²) in [6.07, 6.45) is 5.02. The lowest BCUT2D eigenvalue weighted by atomic mass is 10.2. The maximum Gasteiger partial charge on any atom is 0.244 e. The molecule has 0 saturated carbocycles. The van der Waals surface area contributed by atoms with Crippen LogP contribution < -0.4 is 5.32 Å². The Morgan fingerprint density at radius 1 is 1.53 bits per heavy atom. The SMILES string of the molecule is Cc1ccc(NC(=O)Cn2ccnc2)cc1Br. The normalized spacial score (nSPS) is 10.2. The van der Waals surface area contributed by atoms with E-state index < -0.39 is 0 Å². The van der Waals surface area contributed by atoms with Gasteiger partial charge in [0.25, 0.3) is 0 Å². The van der Waals surface area contributed by atoms with Gasteiger partial charge in [0.05, 0.1) is 6.33 Å². The quantitative estimate of drug-likeness (QED) is 0.945. The fourth-order valence-corrected chi connectivity index (χ4v) is 1.80. The summed E-state index contributed by atoms with van der Waals surface area (Å²) in [5.41, 5.74) is 1.92. The third-order valence-electron chi connectivity index (χ3n) is 2.34. The number of aromatic nitrogens is 2. The number of benzene rings is 1. The molecule has 17 heavy (non-hydrogen) atoms. The highest BCUT2D eigenvalue weighted by molar-refractivity contribution is 9.10. The molecule has 0 aliphatic carbocycles. The van der Waals surface area contributed by atoms with E-state index in [1.165, 1.54) is 0 Å². The Kier molecular flexibility index (Phi) is 3.58. The molecule has 5 heteroatoms. The number of imidazole rings is 1. The van der Waals surface area contributed by atoms with Crippen molar-refractivity contribution >= 4 is 27.5 Å².